The first-order valence-corrected chi connectivity index (χ1v) is 18.7. The minimum Gasteiger partial charge on any atom is -0.397 e. The molecule has 0 radical (unpaired) electrons. The Labute approximate surface area is 245 Å². The predicted molar refractivity (Wildman–Crippen MR) is 165 cm³/mol. The zero-order valence-electron chi connectivity index (χ0n) is 25.2. The number of benzene rings is 1. The molecule has 2 rings (SSSR count). The molecule has 0 amide bonds. The third-order valence-corrected chi connectivity index (χ3v) is 10.9. The highest BCUT2D eigenvalue weighted by atomic mass is 28.3. The molecule has 0 saturated carbocycles. The molecule has 0 atom stereocenters. The van der Waals surface area contributed by atoms with Crippen molar-refractivity contribution in [3.63, 3.8) is 0 Å². The monoisotopic (exact) mass is 586 g/mol. The van der Waals surface area contributed by atoms with Gasteiger partial charge >= 0.3 is 18.6 Å². The Hall–Kier alpha value is -2.19. The van der Waals surface area contributed by atoms with Crippen LogP contribution in [-0.4, -0.2) is 81.0 Å². The van der Waals surface area contributed by atoms with E-state index in [1.807, 2.05) is 36.4 Å². The van der Waals surface area contributed by atoms with Crippen LogP contribution in [0.25, 0.3) is 11.4 Å². The predicted octanol–water partition coefficient (Wildman–Crippen LogP) is 3.50. The van der Waals surface area contributed by atoms with Crippen LogP contribution >= 0.6 is 0 Å². The summed E-state index contributed by atoms with van der Waals surface area (Å²) in [6.45, 7) is 15.5. The molecule has 0 aromatic heterocycles. The Morgan fingerprint density at radius 1 is 0.700 bits per heavy atom. The van der Waals surface area contributed by atoms with E-state index < -0.39 is 18.6 Å². The van der Waals surface area contributed by atoms with Gasteiger partial charge < -0.3 is 27.5 Å². The van der Waals surface area contributed by atoms with Crippen molar-refractivity contribution in [1.29, 1.82) is 10.5 Å². The summed E-state index contributed by atoms with van der Waals surface area (Å²) < 4.78 is 24.3. The summed E-state index contributed by atoms with van der Waals surface area (Å²) in [7, 11) is -3.30. The van der Waals surface area contributed by atoms with Gasteiger partial charge in [0.15, 0.2) is 0 Å². The Morgan fingerprint density at radius 2 is 1.10 bits per heavy atom. The van der Waals surface area contributed by atoms with Crippen molar-refractivity contribution in [2.45, 2.75) is 78.3 Å². The second-order valence-corrected chi connectivity index (χ2v) is 14.3. The van der Waals surface area contributed by atoms with E-state index in [9.17, 15) is 10.5 Å². The third-order valence-electron chi connectivity index (χ3n) is 6.66. The van der Waals surface area contributed by atoms with Crippen molar-refractivity contribution in [3.8, 4) is 12.1 Å². The minimum atomic E-state index is -1.65. The van der Waals surface area contributed by atoms with Gasteiger partial charge in [-0.05, 0) is 50.6 Å². The van der Waals surface area contributed by atoms with Crippen LogP contribution in [0.2, 0.25) is 12.1 Å². The van der Waals surface area contributed by atoms with Gasteiger partial charge in [0, 0.05) is 63.0 Å². The van der Waals surface area contributed by atoms with E-state index in [0.29, 0.717) is 5.22 Å². The number of nitriles is 2. The van der Waals surface area contributed by atoms with Crippen molar-refractivity contribution >= 4 is 30.0 Å². The molecule has 0 aliphatic carbocycles. The van der Waals surface area contributed by atoms with Crippen molar-refractivity contribution in [1.82, 2.24) is 9.80 Å². The maximum Gasteiger partial charge on any atom is 0.321 e. The molecule has 0 spiro atoms. The molecule has 1 saturated heterocycles. The quantitative estimate of drug-likeness (QED) is 0.215. The van der Waals surface area contributed by atoms with E-state index in [0.717, 1.165) is 108 Å². The molecule has 1 heterocycles. The minimum absolute atomic E-state index is 0.141. The molecular formula is C30H50N4O4Si2. The fourth-order valence-electron chi connectivity index (χ4n) is 4.72. The highest BCUT2D eigenvalue weighted by Gasteiger charge is 2.26. The summed E-state index contributed by atoms with van der Waals surface area (Å²) in [6.07, 6.45) is 6.13. The zero-order chi connectivity index (χ0) is 29.0. The van der Waals surface area contributed by atoms with Crippen LogP contribution in [0.15, 0.2) is 24.3 Å². The lowest BCUT2D eigenvalue weighted by molar-refractivity contribution is 0.195. The van der Waals surface area contributed by atoms with Gasteiger partial charge in [0.05, 0.1) is 0 Å². The zero-order valence-corrected chi connectivity index (χ0v) is 27.5. The van der Waals surface area contributed by atoms with Crippen LogP contribution in [-0.2, 0) is 17.7 Å². The normalized spacial score (nSPS) is 13.3. The lowest BCUT2D eigenvalue weighted by atomic mass is 10.2. The number of nitrogens with zero attached hydrogens (tertiary/aromatic N) is 4. The van der Waals surface area contributed by atoms with E-state index in [4.69, 9.17) is 17.7 Å². The largest absolute Gasteiger partial charge is 0.397 e. The molecular weight excluding hydrogens is 537 g/mol. The second-order valence-electron chi connectivity index (χ2n) is 10.1. The summed E-state index contributed by atoms with van der Waals surface area (Å²) in [5.74, 6) is 1.23. The first-order valence-electron chi connectivity index (χ1n) is 15.2. The Kier molecular flexibility index (Phi) is 17.6. The second kappa shape index (κ2) is 20.7. The Morgan fingerprint density at radius 3 is 1.45 bits per heavy atom. The van der Waals surface area contributed by atoms with Gasteiger partial charge in [0.2, 0.25) is 0 Å². The first-order chi connectivity index (χ1) is 19.6. The van der Waals surface area contributed by atoms with E-state index in [1.165, 1.54) is 5.82 Å². The molecule has 222 valence electrons. The summed E-state index contributed by atoms with van der Waals surface area (Å²) in [5.41, 5.74) is 0.141. The van der Waals surface area contributed by atoms with Crippen molar-refractivity contribution < 1.29 is 17.7 Å². The summed E-state index contributed by atoms with van der Waals surface area (Å²) in [5, 5.41) is 20.3. The van der Waals surface area contributed by atoms with Gasteiger partial charge in [-0.3, -0.25) is 0 Å². The van der Waals surface area contributed by atoms with Gasteiger partial charge in [0.25, 0.3) is 0 Å². The Balaban J connectivity index is 2.18. The molecule has 1 aliphatic rings. The van der Waals surface area contributed by atoms with Gasteiger partial charge in [-0.15, -0.1) is 0 Å². The first kappa shape index (κ1) is 34.0. The summed E-state index contributed by atoms with van der Waals surface area (Å²) in [6, 6.07) is 13.9. The van der Waals surface area contributed by atoms with E-state index in [2.05, 4.69) is 37.5 Å². The lowest BCUT2D eigenvalue weighted by Gasteiger charge is -2.26. The molecule has 40 heavy (non-hydrogen) atoms. The van der Waals surface area contributed by atoms with Crippen LogP contribution in [0.5, 0.6) is 0 Å². The van der Waals surface area contributed by atoms with Crippen LogP contribution in [0, 0.1) is 22.7 Å². The molecule has 8 nitrogen and oxygen atoms in total. The van der Waals surface area contributed by atoms with Crippen LogP contribution in [0.3, 0.4) is 0 Å². The van der Waals surface area contributed by atoms with E-state index in [-0.39, 0.29) is 5.57 Å². The average Bonchev–Trinajstić information content (AvgIpc) is 3.38. The third kappa shape index (κ3) is 11.7. The molecule has 1 aromatic carbocycles. The van der Waals surface area contributed by atoms with Crippen LogP contribution in [0.4, 0.5) is 0 Å². The van der Waals surface area contributed by atoms with Gasteiger partial charge in [0.1, 0.15) is 23.5 Å². The maximum atomic E-state index is 9.28. The van der Waals surface area contributed by atoms with Gasteiger partial charge in [-0.1, -0.05) is 52.0 Å². The van der Waals surface area contributed by atoms with E-state index >= 15 is 0 Å². The molecule has 1 fully saturated rings. The number of hydrogen-bond acceptors (Lipinski definition) is 8. The highest BCUT2D eigenvalue weighted by molar-refractivity contribution is 6.44. The van der Waals surface area contributed by atoms with E-state index in [1.54, 1.807) is 0 Å². The molecule has 1 aromatic rings. The molecule has 10 heteroatoms. The topological polar surface area (TPSA) is 91.0 Å². The van der Waals surface area contributed by atoms with Crippen molar-refractivity contribution in [2.75, 3.05) is 52.6 Å². The molecule has 0 unspecified atom stereocenters. The fraction of sp³-hybridized carbons (Fsp3) is 0.667. The SMILES string of the molecule is CCCO[SiH](CCCN1CCN(CCC[SiH](OCCC)OCCC)C1=c1ccc(=C(C#N)C#N)cc1)OCCC. The number of rotatable bonds is 20. The maximum absolute atomic E-state index is 9.28. The van der Waals surface area contributed by atoms with Gasteiger partial charge in [-0.25, -0.2) is 0 Å². The molecule has 1 aliphatic heterocycles. The van der Waals surface area contributed by atoms with Crippen LogP contribution in [0.1, 0.15) is 66.2 Å². The van der Waals surface area contributed by atoms with Crippen molar-refractivity contribution in [3.05, 3.63) is 34.7 Å². The number of hydrogen-bond donors (Lipinski definition) is 0. The fourth-order valence-corrected chi connectivity index (χ4v) is 8.60. The summed E-state index contributed by atoms with van der Waals surface area (Å²) >= 11 is 0. The molecule has 0 N–H and O–H groups in total. The highest BCUT2D eigenvalue weighted by Crippen LogP contribution is 2.21. The lowest BCUT2D eigenvalue weighted by Crippen LogP contribution is -2.32. The summed E-state index contributed by atoms with van der Waals surface area (Å²) in [4.78, 5) is 4.96. The Bertz CT molecular complexity index is 968. The van der Waals surface area contributed by atoms with Crippen LogP contribution < -0.4 is 10.4 Å². The standard InChI is InChI=1S/C30H50N4O4Si2/c1-5-19-35-39(36-20-6-2)23-9-15-33-17-18-34(16-10-24-40(37-21-7-3)38-22-8-4)30(33)28-13-11-27(12-14-28)29(25-31)26-32/h11-14,39-40H,5-10,15-24H2,1-4H3. The van der Waals surface area contributed by atoms with Gasteiger partial charge in [-0.2, -0.15) is 10.5 Å². The van der Waals surface area contributed by atoms with Crippen molar-refractivity contribution in [2.24, 2.45) is 0 Å². The molecule has 0 bridgehead atoms. The average molecular weight is 587 g/mol. The smallest absolute Gasteiger partial charge is 0.321 e.